The summed E-state index contributed by atoms with van der Waals surface area (Å²) < 4.78 is 0. The van der Waals surface area contributed by atoms with Crippen molar-refractivity contribution in [3.8, 4) is 0 Å². The van der Waals surface area contributed by atoms with Gasteiger partial charge < -0.3 is 0 Å². The minimum Gasteiger partial charge on any atom is -0.0656 e. The molecule has 0 atom stereocenters. The summed E-state index contributed by atoms with van der Waals surface area (Å²) in [6, 6.07) is 32.5. The van der Waals surface area contributed by atoms with Crippen molar-refractivity contribution in [2.24, 2.45) is 0 Å². The molecule has 0 aliphatic heterocycles. The standard InChI is InChI=1S/C23H24Si/c1-24(2,3)23(21-17-11-6-12-18-21)22(19-13-7-4-8-14-19)20-15-9-5-10-16-20/h4-18H,1-3H3. The van der Waals surface area contributed by atoms with E-state index in [1.165, 1.54) is 27.5 Å². The van der Waals surface area contributed by atoms with E-state index in [2.05, 4.69) is 111 Å². The molecular weight excluding hydrogens is 304 g/mol. The Balaban J connectivity index is 2.37. The molecule has 0 saturated carbocycles. The summed E-state index contributed by atoms with van der Waals surface area (Å²) in [7, 11) is -1.58. The molecule has 0 spiro atoms. The van der Waals surface area contributed by atoms with Crippen LogP contribution in [-0.2, 0) is 0 Å². The maximum Gasteiger partial charge on any atom is 0.0792 e. The zero-order chi connectivity index (χ0) is 17.0. The summed E-state index contributed by atoms with van der Waals surface area (Å²) >= 11 is 0. The highest BCUT2D eigenvalue weighted by Crippen LogP contribution is 2.37. The third-order valence-corrected chi connectivity index (χ3v) is 6.23. The summed E-state index contributed by atoms with van der Waals surface area (Å²) in [6.45, 7) is 7.30. The second kappa shape index (κ2) is 7.02. The second-order valence-corrected chi connectivity index (χ2v) is 12.1. The van der Waals surface area contributed by atoms with Crippen molar-refractivity contribution in [1.82, 2.24) is 0 Å². The molecular formula is C23H24Si. The highest BCUT2D eigenvalue weighted by molar-refractivity contribution is 6.95. The van der Waals surface area contributed by atoms with E-state index in [4.69, 9.17) is 0 Å². The molecule has 0 radical (unpaired) electrons. The van der Waals surface area contributed by atoms with Gasteiger partial charge >= 0.3 is 0 Å². The van der Waals surface area contributed by atoms with Crippen molar-refractivity contribution >= 4 is 18.8 Å². The molecule has 0 bridgehead atoms. The molecule has 24 heavy (non-hydrogen) atoms. The highest BCUT2D eigenvalue weighted by atomic mass is 28.3. The predicted octanol–water partition coefficient (Wildman–Crippen LogP) is 6.52. The Bertz CT molecular complexity index is 769. The van der Waals surface area contributed by atoms with Crippen molar-refractivity contribution in [1.29, 1.82) is 0 Å². The quantitative estimate of drug-likeness (QED) is 0.377. The lowest BCUT2D eigenvalue weighted by atomic mass is 9.95. The van der Waals surface area contributed by atoms with E-state index in [0.717, 1.165) is 0 Å². The van der Waals surface area contributed by atoms with Crippen molar-refractivity contribution in [2.75, 3.05) is 0 Å². The van der Waals surface area contributed by atoms with Crippen LogP contribution in [0.3, 0.4) is 0 Å². The molecule has 1 heteroatoms. The molecule has 0 nitrogen and oxygen atoms in total. The minimum absolute atomic E-state index is 1.30. The maximum absolute atomic E-state index is 2.43. The molecule has 0 unspecified atom stereocenters. The van der Waals surface area contributed by atoms with Gasteiger partial charge in [0, 0.05) is 0 Å². The van der Waals surface area contributed by atoms with Crippen LogP contribution in [0.1, 0.15) is 16.7 Å². The van der Waals surface area contributed by atoms with Crippen LogP contribution in [0.4, 0.5) is 0 Å². The van der Waals surface area contributed by atoms with Gasteiger partial charge in [0.1, 0.15) is 0 Å². The van der Waals surface area contributed by atoms with E-state index in [9.17, 15) is 0 Å². The van der Waals surface area contributed by atoms with Crippen LogP contribution in [0.25, 0.3) is 10.8 Å². The first-order chi connectivity index (χ1) is 11.6. The van der Waals surface area contributed by atoms with Crippen LogP contribution >= 0.6 is 0 Å². The summed E-state index contributed by atoms with van der Waals surface area (Å²) in [5.41, 5.74) is 5.32. The minimum atomic E-state index is -1.58. The van der Waals surface area contributed by atoms with Gasteiger partial charge in [-0.15, -0.1) is 0 Å². The van der Waals surface area contributed by atoms with Crippen LogP contribution in [0.2, 0.25) is 19.6 Å². The number of hydrogen-bond acceptors (Lipinski definition) is 0. The van der Waals surface area contributed by atoms with E-state index in [-0.39, 0.29) is 0 Å². The van der Waals surface area contributed by atoms with Crippen molar-refractivity contribution in [3.63, 3.8) is 0 Å². The molecule has 3 aromatic rings. The van der Waals surface area contributed by atoms with Crippen LogP contribution in [0.15, 0.2) is 91.0 Å². The molecule has 3 rings (SSSR count). The van der Waals surface area contributed by atoms with E-state index in [0.29, 0.717) is 0 Å². The molecule has 120 valence electrons. The Kier molecular flexibility index (Phi) is 4.82. The first-order valence-corrected chi connectivity index (χ1v) is 12.0. The zero-order valence-corrected chi connectivity index (χ0v) is 15.7. The SMILES string of the molecule is C[Si](C)(C)C(=C(c1ccccc1)c1ccccc1)c1ccccc1. The molecule has 0 fully saturated rings. The molecule has 0 aromatic heterocycles. The topological polar surface area (TPSA) is 0 Å². The van der Waals surface area contributed by atoms with Crippen molar-refractivity contribution < 1.29 is 0 Å². The van der Waals surface area contributed by atoms with Crippen LogP contribution in [-0.4, -0.2) is 8.07 Å². The van der Waals surface area contributed by atoms with Crippen LogP contribution in [0, 0.1) is 0 Å². The Labute approximate surface area is 146 Å². The van der Waals surface area contributed by atoms with Gasteiger partial charge in [0.25, 0.3) is 0 Å². The Hall–Kier alpha value is -2.38. The summed E-state index contributed by atoms with van der Waals surface area (Å²) in [4.78, 5) is 0. The molecule has 0 amide bonds. The smallest absolute Gasteiger partial charge is 0.0656 e. The largest absolute Gasteiger partial charge is 0.0792 e. The normalized spacial score (nSPS) is 11.1. The summed E-state index contributed by atoms with van der Waals surface area (Å²) in [5, 5.41) is 1.51. The third kappa shape index (κ3) is 3.57. The van der Waals surface area contributed by atoms with Gasteiger partial charge in [-0.25, -0.2) is 0 Å². The third-order valence-electron chi connectivity index (χ3n) is 4.19. The van der Waals surface area contributed by atoms with Gasteiger partial charge in [0.15, 0.2) is 0 Å². The van der Waals surface area contributed by atoms with Crippen LogP contribution < -0.4 is 0 Å². The van der Waals surface area contributed by atoms with Gasteiger partial charge in [-0.05, 0) is 27.5 Å². The van der Waals surface area contributed by atoms with E-state index in [1.54, 1.807) is 0 Å². The molecule has 0 saturated heterocycles. The molecule has 3 aromatic carbocycles. The van der Waals surface area contributed by atoms with E-state index < -0.39 is 8.07 Å². The lowest BCUT2D eigenvalue weighted by Gasteiger charge is -2.27. The Morgan fingerprint density at radius 2 is 0.833 bits per heavy atom. The summed E-state index contributed by atoms with van der Waals surface area (Å²) in [5.74, 6) is 0. The molecule has 0 aliphatic carbocycles. The van der Waals surface area contributed by atoms with Gasteiger partial charge in [0.2, 0.25) is 0 Å². The highest BCUT2D eigenvalue weighted by Gasteiger charge is 2.26. The van der Waals surface area contributed by atoms with E-state index in [1.807, 2.05) is 0 Å². The molecule has 0 N–H and O–H groups in total. The number of benzene rings is 3. The van der Waals surface area contributed by atoms with Crippen molar-refractivity contribution in [3.05, 3.63) is 108 Å². The van der Waals surface area contributed by atoms with Crippen LogP contribution in [0.5, 0.6) is 0 Å². The maximum atomic E-state index is 2.43. The Morgan fingerprint density at radius 3 is 1.17 bits per heavy atom. The fourth-order valence-corrected chi connectivity index (χ4v) is 5.29. The zero-order valence-electron chi connectivity index (χ0n) is 14.7. The first kappa shape index (κ1) is 16.5. The molecule has 0 heterocycles. The monoisotopic (exact) mass is 328 g/mol. The first-order valence-electron chi connectivity index (χ1n) is 8.48. The fourth-order valence-electron chi connectivity index (χ4n) is 3.22. The molecule has 0 aliphatic rings. The number of rotatable bonds is 4. The lowest BCUT2D eigenvalue weighted by molar-refractivity contribution is 1.53. The van der Waals surface area contributed by atoms with Gasteiger partial charge in [0.05, 0.1) is 8.07 Å². The van der Waals surface area contributed by atoms with Crippen molar-refractivity contribution in [2.45, 2.75) is 19.6 Å². The average molecular weight is 329 g/mol. The Morgan fingerprint density at radius 1 is 0.500 bits per heavy atom. The van der Waals surface area contributed by atoms with Gasteiger partial charge in [-0.3, -0.25) is 0 Å². The predicted molar refractivity (Wildman–Crippen MR) is 109 cm³/mol. The lowest BCUT2D eigenvalue weighted by Crippen LogP contribution is -2.24. The van der Waals surface area contributed by atoms with E-state index >= 15 is 0 Å². The van der Waals surface area contributed by atoms with Gasteiger partial charge in [-0.2, -0.15) is 0 Å². The average Bonchev–Trinajstić information content (AvgIpc) is 2.61. The van der Waals surface area contributed by atoms with Gasteiger partial charge in [-0.1, -0.05) is 111 Å². The number of hydrogen-bond donors (Lipinski definition) is 0. The fraction of sp³-hybridized carbons (Fsp3) is 0.130. The second-order valence-electron chi connectivity index (χ2n) is 7.10. The summed E-state index contributed by atoms with van der Waals surface area (Å²) in [6.07, 6.45) is 0.